The molecule has 0 atom stereocenters. The van der Waals surface area contributed by atoms with E-state index in [-0.39, 0.29) is 5.57 Å². The molecule has 0 radical (unpaired) electrons. The highest BCUT2D eigenvalue weighted by molar-refractivity contribution is 6.31. The third-order valence-electron chi connectivity index (χ3n) is 4.96. The number of anilines is 1. The lowest BCUT2D eigenvalue weighted by Crippen LogP contribution is -2.35. The van der Waals surface area contributed by atoms with Crippen LogP contribution in [0, 0.1) is 6.92 Å². The summed E-state index contributed by atoms with van der Waals surface area (Å²) in [5.74, 6) is 0.589. The average Bonchev–Trinajstić information content (AvgIpc) is 3.10. The number of hydrazine groups is 1. The summed E-state index contributed by atoms with van der Waals surface area (Å²) in [5, 5.41) is 1.25. The molecule has 1 N–H and O–H groups in total. The number of para-hydroxylation sites is 2. The number of hydrogen-bond donors (Lipinski definition) is 1. The van der Waals surface area contributed by atoms with Crippen molar-refractivity contribution in [3.05, 3.63) is 95.6 Å². The molecular weight excluding hydrogens is 404 g/mol. The first-order chi connectivity index (χ1) is 15.6. The molecule has 4 rings (SSSR count). The Hall–Kier alpha value is -4.06. The highest BCUT2D eigenvalue weighted by Gasteiger charge is 2.34. The fourth-order valence-electron chi connectivity index (χ4n) is 3.27. The molecule has 1 saturated heterocycles. The molecule has 1 fully saturated rings. The number of nitrogens with zero attached hydrogens (tertiary/aromatic N) is 1. The molecule has 0 aromatic heterocycles. The number of carbonyl (C=O) groups is 2. The van der Waals surface area contributed by atoms with Gasteiger partial charge in [0.25, 0.3) is 11.8 Å². The molecule has 32 heavy (non-hydrogen) atoms. The van der Waals surface area contributed by atoms with Gasteiger partial charge in [0.2, 0.25) is 0 Å². The molecule has 0 aliphatic carbocycles. The molecule has 3 aromatic carbocycles. The van der Waals surface area contributed by atoms with Gasteiger partial charge in [0.15, 0.2) is 0 Å². The van der Waals surface area contributed by atoms with Crippen LogP contribution >= 0.6 is 0 Å². The molecule has 0 spiro atoms. The van der Waals surface area contributed by atoms with Gasteiger partial charge in [-0.05, 0) is 43.3 Å². The quantitative estimate of drug-likeness (QED) is 0.330. The van der Waals surface area contributed by atoms with Crippen molar-refractivity contribution in [2.45, 2.75) is 13.3 Å². The van der Waals surface area contributed by atoms with Gasteiger partial charge in [-0.3, -0.25) is 15.0 Å². The topological polar surface area (TPSA) is 67.9 Å². The predicted molar refractivity (Wildman–Crippen MR) is 123 cm³/mol. The van der Waals surface area contributed by atoms with Crippen LogP contribution in [0.5, 0.6) is 11.5 Å². The Kier molecular flexibility index (Phi) is 6.51. The van der Waals surface area contributed by atoms with Crippen molar-refractivity contribution in [1.82, 2.24) is 5.43 Å². The summed E-state index contributed by atoms with van der Waals surface area (Å²) in [6.45, 7) is 3.01. The van der Waals surface area contributed by atoms with Crippen LogP contribution < -0.4 is 19.9 Å². The molecular formula is C26H24N2O4. The number of rotatable bonds is 8. The van der Waals surface area contributed by atoms with Gasteiger partial charge in [0, 0.05) is 12.0 Å². The van der Waals surface area contributed by atoms with Gasteiger partial charge in [-0.25, -0.2) is 5.01 Å². The zero-order valence-corrected chi connectivity index (χ0v) is 17.8. The molecule has 0 bridgehead atoms. The summed E-state index contributed by atoms with van der Waals surface area (Å²) in [5.41, 5.74) is 5.13. The first kappa shape index (κ1) is 21.2. The van der Waals surface area contributed by atoms with Gasteiger partial charge in [-0.2, -0.15) is 0 Å². The lowest BCUT2D eigenvalue weighted by Gasteiger charge is -2.14. The number of nitrogens with one attached hydrogen (secondary N) is 1. The van der Waals surface area contributed by atoms with E-state index in [0.717, 1.165) is 5.75 Å². The van der Waals surface area contributed by atoms with Crippen molar-refractivity contribution in [2.24, 2.45) is 0 Å². The van der Waals surface area contributed by atoms with Gasteiger partial charge in [-0.1, -0.05) is 54.1 Å². The van der Waals surface area contributed by atoms with E-state index in [2.05, 4.69) is 5.43 Å². The Balaban J connectivity index is 1.38. The summed E-state index contributed by atoms with van der Waals surface area (Å²) >= 11 is 0. The van der Waals surface area contributed by atoms with Crippen molar-refractivity contribution in [3.63, 3.8) is 0 Å². The minimum atomic E-state index is -0.444. The summed E-state index contributed by atoms with van der Waals surface area (Å²) in [6, 6.07) is 24.2. The van der Waals surface area contributed by atoms with Gasteiger partial charge in [-0.15, -0.1) is 0 Å². The van der Waals surface area contributed by atoms with Crippen molar-refractivity contribution in [3.8, 4) is 11.5 Å². The van der Waals surface area contributed by atoms with E-state index in [1.165, 1.54) is 10.6 Å². The number of ether oxygens (including phenoxy) is 2. The van der Waals surface area contributed by atoms with Crippen LogP contribution in [0.2, 0.25) is 0 Å². The molecule has 6 nitrogen and oxygen atoms in total. The highest BCUT2D eigenvalue weighted by atomic mass is 16.5. The normalized spacial score (nSPS) is 14.5. The van der Waals surface area contributed by atoms with Crippen molar-refractivity contribution < 1.29 is 19.1 Å². The van der Waals surface area contributed by atoms with Crippen LogP contribution in [-0.2, 0) is 9.59 Å². The van der Waals surface area contributed by atoms with Gasteiger partial charge in [0.1, 0.15) is 17.1 Å². The largest absolute Gasteiger partial charge is 0.493 e. The van der Waals surface area contributed by atoms with Crippen molar-refractivity contribution in [2.75, 3.05) is 18.2 Å². The van der Waals surface area contributed by atoms with Crippen LogP contribution in [0.1, 0.15) is 17.5 Å². The monoisotopic (exact) mass is 428 g/mol. The molecule has 1 aliphatic heterocycles. The van der Waals surface area contributed by atoms with E-state index in [0.29, 0.717) is 36.6 Å². The Labute approximate surface area is 187 Å². The van der Waals surface area contributed by atoms with Crippen LogP contribution in [0.25, 0.3) is 6.08 Å². The first-order valence-corrected chi connectivity index (χ1v) is 10.5. The van der Waals surface area contributed by atoms with Gasteiger partial charge >= 0.3 is 0 Å². The minimum absolute atomic E-state index is 0.0626. The third-order valence-corrected chi connectivity index (χ3v) is 4.96. The maximum atomic E-state index is 12.8. The average molecular weight is 428 g/mol. The molecule has 0 saturated carbocycles. The van der Waals surface area contributed by atoms with Crippen molar-refractivity contribution in [1.29, 1.82) is 0 Å². The fourth-order valence-corrected chi connectivity index (χ4v) is 3.27. The number of hydrogen-bond acceptors (Lipinski definition) is 4. The number of amides is 2. The Morgan fingerprint density at radius 2 is 1.53 bits per heavy atom. The van der Waals surface area contributed by atoms with E-state index in [9.17, 15) is 9.59 Å². The maximum absolute atomic E-state index is 12.8. The van der Waals surface area contributed by atoms with Crippen LogP contribution in [0.3, 0.4) is 0 Å². The maximum Gasteiger partial charge on any atom is 0.282 e. The number of aryl methyl sites for hydroxylation is 1. The van der Waals surface area contributed by atoms with Gasteiger partial charge in [0.05, 0.1) is 18.9 Å². The zero-order valence-electron chi connectivity index (χ0n) is 17.8. The lowest BCUT2D eigenvalue weighted by atomic mass is 10.1. The Morgan fingerprint density at radius 3 is 2.31 bits per heavy atom. The van der Waals surface area contributed by atoms with E-state index >= 15 is 0 Å². The molecule has 1 heterocycles. The van der Waals surface area contributed by atoms with Crippen LogP contribution in [0.15, 0.2) is 84.4 Å². The number of carbonyl (C=O) groups excluding carboxylic acids is 2. The smallest absolute Gasteiger partial charge is 0.282 e. The molecule has 6 heteroatoms. The standard InChI is InChI=1S/C26H24N2O4/c1-19-12-14-22(15-13-19)31-16-7-17-32-24-11-6-5-8-20(24)18-23-25(29)27-28(26(23)30)21-9-3-2-4-10-21/h2-6,8-15,18H,7,16-17H2,1H3,(H,27,29). The summed E-state index contributed by atoms with van der Waals surface area (Å²) in [6.07, 6.45) is 2.26. The van der Waals surface area contributed by atoms with Gasteiger partial charge < -0.3 is 9.47 Å². The fraction of sp³-hybridized carbons (Fsp3) is 0.154. The van der Waals surface area contributed by atoms with E-state index < -0.39 is 11.8 Å². The highest BCUT2D eigenvalue weighted by Crippen LogP contribution is 2.25. The molecule has 3 aromatic rings. The molecule has 162 valence electrons. The molecule has 0 unspecified atom stereocenters. The Morgan fingerprint density at radius 1 is 0.844 bits per heavy atom. The van der Waals surface area contributed by atoms with Crippen molar-refractivity contribution >= 4 is 23.6 Å². The first-order valence-electron chi connectivity index (χ1n) is 10.5. The second kappa shape index (κ2) is 9.83. The van der Waals surface area contributed by atoms with E-state index in [1.54, 1.807) is 18.2 Å². The zero-order chi connectivity index (χ0) is 22.3. The third kappa shape index (κ3) is 4.98. The van der Waals surface area contributed by atoms with Crippen LogP contribution in [0.4, 0.5) is 5.69 Å². The second-order valence-corrected chi connectivity index (χ2v) is 7.38. The Bertz CT molecular complexity index is 1120. The summed E-state index contributed by atoms with van der Waals surface area (Å²) < 4.78 is 11.6. The van der Waals surface area contributed by atoms with E-state index in [1.807, 2.05) is 73.7 Å². The SMILES string of the molecule is Cc1ccc(OCCCOc2ccccc2C=C2C(=O)NN(c3ccccc3)C2=O)cc1. The molecule has 1 aliphatic rings. The predicted octanol–water partition coefficient (Wildman–Crippen LogP) is 4.30. The lowest BCUT2D eigenvalue weighted by molar-refractivity contribution is -0.117. The summed E-state index contributed by atoms with van der Waals surface area (Å²) in [7, 11) is 0. The minimum Gasteiger partial charge on any atom is -0.493 e. The molecule has 2 amide bonds. The van der Waals surface area contributed by atoms with Crippen LogP contribution in [-0.4, -0.2) is 25.0 Å². The van der Waals surface area contributed by atoms with E-state index in [4.69, 9.17) is 9.47 Å². The number of benzene rings is 3. The summed E-state index contributed by atoms with van der Waals surface area (Å²) in [4.78, 5) is 25.2. The second-order valence-electron chi connectivity index (χ2n) is 7.38.